The summed E-state index contributed by atoms with van der Waals surface area (Å²) in [6, 6.07) is 0. The first kappa shape index (κ1) is 21.3. The van der Waals surface area contributed by atoms with Crippen LogP contribution in [0.4, 0.5) is 0 Å². The van der Waals surface area contributed by atoms with Gasteiger partial charge in [-0.3, -0.25) is 9.59 Å². The van der Waals surface area contributed by atoms with Crippen LogP contribution in [0.3, 0.4) is 0 Å². The van der Waals surface area contributed by atoms with Crippen molar-refractivity contribution < 1.29 is 24.5 Å². The van der Waals surface area contributed by atoms with Crippen molar-refractivity contribution >= 4 is 11.6 Å². The number of Topliss-reactive ketones (excluding diaryl/α,β-unsaturated/α-hetero) is 2. The van der Waals surface area contributed by atoms with Crippen molar-refractivity contribution in [2.24, 2.45) is 11.8 Å². The second-order valence-corrected chi connectivity index (χ2v) is 7.15. The molecule has 0 aromatic rings. The Morgan fingerprint density at radius 3 is 2.58 bits per heavy atom. The molecule has 1 aliphatic rings. The third-order valence-corrected chi connectivity index (χ3v) is 5.05. The molecule has 0 aromatic carbocycles. The Hall–Kier alpha value is -0.780. The third kappa shape index (κ3) is 8.36. The molecule has 140 valence electrons. The third-order valence-electron chi connectivity index (χ3n) is 5.05. The maximum atomic E-state index is 11.9. The molecule has 4 unspecified atom stereocenters. The molecule has 0 bridgehead atoms. The fourth-order valence-electron chi connectivity index (χ4n) is 3.63. The zero-order chi connectivity index (χ0) is 17.9. The van der Waals surface area contributed by atoms with Crippen molar-refractivity contribution in [2.75, 3.05) is 13.7 Å². The first-order chi connectivity index (χ1) is 11.5. The second-order valence-electron chi connectivity index (χ2n) is 7.15. The fourth-order valence-corrected chi connectivity index (χ4v) is 3.63. The monoisotopic (exact) mass is 342 g/mol. The Kier molecular flexibility index (Phi) is 10.4. The predicted octanol–water partition coefficient (Wildman–Crippen LogP) is 2.66. The van der Waals surface area contributed by atoms with E-state index >= 15 is 0 Å². The van der Waals surface area contributed by atoms with Crippen LogP contribution in [0, 0.1) is 11.8 Å². The number of hydrogen-bond acceptors (Lipinski definition) is 5. The smallest absolute Gasteiger partial charge is 0.135 e. The lowest BCUT2D eigenvalue weighted by Crippen LogP contribution is -2.31. The Labute approximate surface area is 145 Å². The number of methoxy groups -OCH3 is 1. The maximum absolute atomic E-state index is 11.9. The van der Waals surface area contributed by atoms with Gasteiger partial charge in [-0.05, 0) is 50.9 Å². The van der Waals surface area contributed by atoms with Gasteiger partial charge < -0.3 is 14.9 Å². The lowest BCUT2D eigenvalue weighted by atomic mass is 9.75. The molecule has 0 radical (unpaired) electrons. The standard InChI is InChI=1S/C19H34O5/c1-3-19(23)15-11-14(12-18(22)13-15)6-7-17(21)9-8-16(20)5-4-10-24-2/h14-15,17-18,21-22H,3-13H2,1-2H3. The number of ketones is 2. The summed E-state index contributed by atoms with van der Waals surface area (Å²) in [7, 11) is 1.62. The molecule has 0 aliphatic heterocycles. The van der Waals surface area contributed by atoms with Crippen LogP contribution >= 0.6 is 0 Å². The van der Waals surface area contributed by atoms with Crippen LogP contribution in [-0.2, 0) is 14.3 Å². The fraction of sp³-hybridized carbons (Fsp3) is 0.895. The van der Waals surface area contributed by atoms with Crippen molar-refractivity contribution in [3.63, 3.8) is 0 Å². The van der Waals surface area contributed by atoms with Gasteiger partial charge in [-0.25, -0.2) is 0 Å². The highest BCUT2D eigenvalue weighted by Crippen LogP contribution is 2.33. The first-order valence-corrected chi connectivity index (χ1v) is 9.35. The van der Waals surface area contributed by atoms with Gasteiger partial charge in [0, 0.05) is 38.9 Å². The highest BCUT2D eigenvalue weighted by atomic mass is 16.5. The minimum absolute atomic E-state index is 0.0248. The van der Waals surface area contributed by atoms with Crippen molar-refractivity contribution in [2.45, 2.75) is 83.3 Å². The van der Waals surface area contributed by atoms with E-state index in [1.807, 2.05) is 6.92 Å². The van der Waals surface area contributed by atoms with Gasteiger partial charge >= 0.3 is 0 Å². The van der Waals surface area contributed by atoms with Gasteiger partial charge in [0.1, 0.15) is 11.6 Å². The zero-order valence-corrected chi connectivity index (χ0v) is 15.2. The molecule has 4 atom stereocenters. The Balaban J connectivity index is 2.24. The summed E-state index contributed by atoms with van der Waals surface area (Å²) >= 11 is 0. The number of ether oxygens (including phenoxy) is 1. The molecule has 0 spiro atoms. The molecule has 1 fully saturated rings. The van der Waals surface area contributed by atoms with Crippen molar-refractivity contribution in [3.8, 4) is 0 Å². The van der Waals surface area contributed by atoms with Gasteiger partial charge in [-0.15, -0.1) is 0 Å². The molecular weight excluding hydrogens is 308 g/mol. The van der Waals surface area contributed by atoms with E-state index in [2.05, 4.69) is 0 Å². The molecule has 24 heavy (non-hydrogen) atoms. The lowest BCUT2D eigenvalue weighted by Gasteiger charge is -2.32. The first-order valence-electron chi connectivity index (χ1n) is 9.35. The summed E-state index contributed by atoms with van der Waals surface area (Å²) < 4.78 is 4.92. The summed E-state index contributed by atoms with van der Waals surface area (Å²) in [5.41, 5.74) is 0. The van der Waals surface area contributed by atoms with Gasteiger partial charge in [0.2, 0.25) is 0 Å². The summed E-state index contributed by atoms with van der Waals surface area (Å²) in [6.45, 7) is 2.46. The Morgan fingerprint density at radius 1 is 1.17 bits per heavy atom. The predicted molar refractivity (Wildman–Crippen MR) is 92.7 cm³/mol. The van der Waals surface area contributed by atoms with Crippen LogP contribution in [-0.4, -0.2) is 47.7 Å². The highest BCUT2D eigenvalue weighted by Gasteiger charge is 2.31. The largest absolute Gasteiger partial charge is 0.393 e. The molecule has 5 nitrogen and oxygen atoms in total. The summed E-state index contributed by atoms with van der Waals surface area (Å²) in [5, 5.41) is 20.1. The van der Waals surface area contributed by atoms with Gasteiger partial charge in [0.25, 0.3) is 0 Å². The molecule has 0 aromatic heterocycles. The van der Waals surface area contributed by atoms with E-state index in [-0.39, 0.29) is 17.5 Å². The molecule has 5 heteroatoms. The van der Waals surface area contributed by atoms with E-state index in [0.717, 1.165) is 25.7 Å². The van der Waals surface area contributed by atoms with E-state index in [9.17, 15) is 19.8 Å². The topological polar surface area (TPSA) is 83.8 Å². The van der Waals surface area contributed by atoms with Crippen LogP contribution in [0.2, 0.25) is 0 Å². The zero-order valence-electron chi connectivity index (χ0n) is 15.2. The van der Waals surface area contributed by atoms with Crippen LogP contribution < -0.4 is 0 Å². The van der Waals surface area contributed by atoms with Crippen LogP contribution in [0.5, 0.6) is 0 Å². The molecule has 0 saturated heterocycles. The summed E-state index contributed by atoms with van der Waals surface area (Å²) in [6.07, 6.45) is 5.38. The lowest BCUT2D eigenvalue weighted by molar-refractivity contribution is -0.125. The number of aliphatic hydroxyl groups excluding tert-OH is 2. The molecule has 1 rings (SSSR count). The number of rotatable bonds is 12. The minimum atomic E-state index is -0.476. The maximum Gasteiger partial charge on any atom is 0.135 e. The second kappa shape index (κ2) is 11.7. The summed E-state index contributed by atoms with van der Waals surface area (Å²) in [5.74, 6) is 0.679. The molecule has 0 heterocycles. The quantitative estimate of drug-likeness (QED) is 0.533. The van der Waals surface area contributed by atoms with E-state index < -0.39 is 12.2 Å². The van der Waals surface area contributed by atoms with Crippen LogP contribution in [0.15, 0.2) is 0 Å². The van der Waals surface area contributed by atoms with E-state index in [1.165, 1.54) is 0 Å². The van der Waals surface area contributed by atoms with Gasteiger partial charge in [0.15, 0.2) is 0 Å². The number of aliphatic hydroxyl groups is 2. The number of carbonyl (C=O) groups is 2. The van der Waals surface area contributed by atoms with Crippen LogP contribution in [0.25, 0.3) is 0 Å². The normalized spacial score (nSPS) is 25.4. The van der Waals surface area contributed by atoms with Gasteiger partial charge in [-0.1, -0.05) is 6.92 Å². The Morgan fingerprint density at radius 2 is 1.92 bits per heavy atom. The van der Waals surface area contributed by atoms with E-state index in [4.69, 9.17) is 4.74 Å². The molecule has 2 N–H and O–H groups in total. The Bertz CT molecular complexity index is 382. The van der Waals surface area contributed by atoms with Crippen molar-refractivity contribution in [1.29, 1.82) is 0 Å². The molecule has 0 amide bonds. The molecule has 1 saturated carbocycles. The van der Waals surface area contributed by atoms with Gasteiger partial charge in [-0.2, -0.15) is 0 Å². The highest BCUT2D eigenvalue weighted by molar-refractivity contribution is 5.80. The number of hydrogen-bond donors (Lipinski definition) is 2. The molecular formula is C19H34O5. The van der Waals surface area contributed by atoms with Gasteiger partial charge in [0.05, 0.1) is 12.2 Å². The van der Waals surface area contributed by atoms with Crippen molar-refractivity contribution in [1.82, 2.24) is 0 Å². The van der Waals surface area contributed by atoms with Crippen LogP contribution in [0.1, 0.15) is 71.1 Å². The average molecular weight is 342 g/mol. The average Bonchev–Trinajstić information content (AvgIpc) is 2.57. The minimum Gasteiger partial charge on any atom is -0.393 e. The SMILES string of the molecule is CCC(=O)C1CC(O)CC(CCC(O)CCC(=O)CCCOC)C1. The number of carbonyl (C=O) groups excluding carboxylic acids is 2. The van der Waals surface area contributed by atoms with Crippen molar-refractivity contribution in [3.05, 3.63) is 0 Å². The van der Waals surface area contributed by atoms with E-state index in [1.54, 1.807) is 7.11 Å². The summed E-state index contributed by atoms with van der Waals surface area (Å²) in [4.78, 5) is 23.6. The van der Waals surface area contributed by atoms with E-state index in [0.29, 0.717) is 51.0 Å². The molecule has 1 aliphatic carbocycles.